The molecule has 1 aliphatic heterocycles. The van der Waals surface area contributed by atoms with E-state index in [0.717, 1.165) is 11.6 Å². The summed E-state index contributed by atoms with van der Waals surface area (Å²) in [6.07, 6.45) is 0.496. The number of nitrogens with zero attached hydrogens (tertiary/aromatic N) is 1. The maximum atomic E-state index is 14.1. The van der Waals surface area contributed by atoms with E-state index in [2.05, 4.69) is 10.6 Å². The summed E-state index contributed by atoms with van der Waals surface area (Å²) in [5, 5.41) is 5.55. The molecule has 2 N–H and O–H groups in total. The van der Waals surface area contributed by atoms with Crippen LogP contribution < -0.4 is 20.1 Å². The molecule has 1 heterocycles. The van der Waals surface area contributed by atoms with Gasteiger partial charge in [0.25, 0.3) is 0 Å². The van der Waals surface area contributed by atoms with Gasteiger partial charge in [0, 0.05) is 31.7 Å². The van der Waals surface area contributed by atoms with Crippen molar-refractivity contribution in [3.05, 3.63) is 59.2 Å². The van der Waals surface area contributed by atoms with E-state index in [1.807, 2.05) is 12.1 Å². The lowest BCUT2D eigenvalue weighted by Gasteiger charge is -2.34. The van der Waals surface area contributed by atoms with Crippen LogP contribution in [0.2, 0.25) is 0 Å². The summed E-state index contributed by atoms with van der Waals surface area (Å²) in [4.78, 5) is 26.6. The van der Waals surface area contributed by atoms with Gasteiger partial charge in [0.2, 0.25) is 11.8 Å². The van der Waals surface area contributed by atoms with Gasteiger partial charge in [-0.3, -0.25) is 14.5 Å². The van der Waals surface area contributed by atoms with Gasteiger partial charge in [-0.25, -0.2) is 8.78 Å². The summed E-state index contributed by atoms with van der Waals surface area (Å²) < 4.78 is 38.1. The Labute approximate surface area is 185 Å². The molecule has 2 aromatic rings. The van der Waals surface area contributed by atoms with Crippen molar-refractivity contribution >= 4 is 11.8 Å². The third-order valence-electron chi connectivity index (χ3n) is 5.41. The number of carbonyl (C=O) groups is 2. The standard InChI is InChI=1S/C23H27F2N3O4/c1-31-19-7-6-15(12-20(19)32-2)8-9-26-21(29)13-18-23(30)27-10-11-28(18)14-16-4-3-5-17(24)22(16)25/h3-7,12,18H,8-11,13-14H2,1-2H3,(H,26,29)(H,27,30). The second-order valence-corrected chi connectivity index (χ2v) is 7.48. The van der Waals surface area contributed by atoms with Gasteiger partial charge >= 0.3 is 0 Å². The van der Waals surface area contributed by atoms with Crippen LogP contribution in [0.25, 0.3) is 0 Å². The molecule has 1 fully saturated rings. The molecule has 0 radical (unpaired) electrons. The molecular formula is C23H27F2N3O4. The lowest BCUT2D eigenvalue weighted by molar-refractivity contribution is -0.134. The lowest BCUT2D eigenvalue weighted by Crippen LogP contribution is -2.56. The number of ether oxygens (including phenoxy) is 2. The first kappa shape index (κ1) is 23.5. The van der Waals surface area contributed by atoms with Crippen molar-refractivity contribution in [2.45, 2.75) is 25.4 Å². The fourth-order valence-electron chi connectivity index (χ4n) is 3.69. The molecule has 1 aliphatic rings. The normalized spacial score (nSPS) is 16.4. The minimum Gasteiger partial charge on any atom is -0.493 e. The maximum absolute atomic E-state index is 14.1. The smallest absolute Gasteiger partial charge is 0.237 e. The first-order chi connectivity index (χ1) is 15.4. The van der Waals surface area contributed by atoms with Crippen molar-refractivity contribution < 1.29 is 27.8 Å². The summed E-state index contributed by atoms with van der Waals surface area (Å²) >= 11 is 0. The third-order valence-corrected chi connectivity index (χ3v) is 5.41. The number of benzene rings is 2. The fraction of sp³-hybridized carbons (Fsp3) is 0.391. The molecule has 0 aliphatic carbocycles. The van der Waals surface area contributed by atoms with E-state index in [4.69, 9.17) is 9.47 Å². The van der Waals surface area contributed by atoms with E-state index in [-0.39, 0.29) is 30.3 Å². The number of piperazine rings is 1. The number of halogens is 2. The van der Waals surface area contributed by atoms with Crippen LogP contribution in [0.5, 0.6) is 11.5 Å². The van der Waals surface area contributed by atoms with Crippen LogP contribution in [-0.4, -0.2) is 56.6 Å². The number of methoxy groups -OCH3 is 2. The van der Waals surface area contributed by atoms with E-state index >= 15 is 0 Å². The quantitative estimate of drug-likeness (QED) is 0.615. The predicted octanol–water partition coefficient (Wildman–Crippen LogP) is 2.03. The average molecular weight is 447 g/mol. The van der Waals surface area contributed by atoms with E-state index in [1.54, 1.807) is 25.2 Å². The van der Waals surface area contributed by atoms with Gasteiger partial charge < -0.3 is 20.1 Å². The SMILES string of the molecule is COc1ccc(CCNC(=O)CC2C(=O)NCCN2Cc2cccc(F)c2F)cc1OC. The molecule has 3 rings (SSSR count). The van der Waals surface area contributed by atoms with Gasteiger partial charge in [-0.1, -0.05) is 18.2 Å². The second kappa shape index (κ2) is 10.9. The van der Waals surface area contributed by atoms with Crippen LogP contribution in [-0.2, 0) is 22.6 Å². The monoisotopic (exact) mass is 447 g/mol. The molecule has 1 atom stereocenters. The van der Waals surface area contributed by atoms with Crippen molar-refractivity contribution in [3.8, 4) is 11.5 Å². The molecule has 32 heavy (non-hydrogen) atoms. The Morgan fingerprint density at radius 2 is 1.97 bits per heavy atom. The van der Waals surface area contributed by atoms with Crippen LogP contribution in [0.1, 0.15) is 17.5 Å². The molecule has 0 saturated carbocycles. The van der Waals surface area contributed by atoms with Gasteiger partial charge in [-0.05, 0) is 30.2 Å². The number of rotatable bonds is 9. The Hall–Kier alpha value is -3.20. The molecule has 172 valence electrons. The van der Waals surface area contributed by atoms with Gasteiger partial charge in [0.1, 0.15) is 0 Å². The highest BCUT2D eigenvalue weighted by Gasteiger charge is 2.32. The van der Waals surface area contributed by atoms with Crippen LogP contribution in [0.15, 0.2) is 36.4 Å². The molecule has 0 spiro atoms. The molecule has 1 unspecified atom stereocenters. The lowest BCUT2D eigenvalue weighted by atomic mass is 10.1. The summed E-state index contributed by atoms with van der Waals surface area (Å²) in [6.45, 7) is 1.24. The third kappa shape index (κ3) is 5.73. The largest absolute Gasteiger partial charge is 0.493 e. The van der Waals surface area contributed by atoms with Crippen molar-refractivity contribution in [1.29, 1.82) is 0 Å². The Morgan fingerprint density at radius 3 is 2.72 bits per heavy atom. The van der Waals surface area contributed by atoms with Crippen LogP contribution >= 0.6 is 0 Å². The summed E-state index contributed by atoms with van der Waals surface area (Å²) in [5.74, 6) is -1.24. The van der Waals surface area contributed by atoms with E-state index in [1.165, 1.54) is 12.1 Å². The predicted molar refractivity (Wildman–Crippen MR) is 114 cm³/mol. The molecule has 9 heteroatoms. The highest BCUT2D eigenvalue weighted by molar-refractivity contribution is 5.88. The Morgan fingerprint density at radius 1 is 1.19 bits per heavy atom. The number of carbonyl (C=O) groups excluding carboxylic acids is 2. The second-order valence-electron chi connectivity index (χ2n) is 7.48. The Bertz CT molecular complexity index is 970. The van der Waals surface area contributed by atoms with Crippen molar-refractivity contribution in [1.82, 2.24) is 15.5 Å². The van der Waals surface area contributed by atoms with Gasteiger partial charge in [-0.2, -0.15) is 0 Å². The average Bonchev–Trinajstić information content (AvgIpc) is 2.79. The van der Waals surface area contributed by atoms with E-state index in [0.29, 0.717) is 37.6 Å². The van der Waals surface area contributed by atoms with Gasteiger partial charge in [-0.15, -0.1) is 0 Å². The van der Waals surface area contributed by atoms with Crippen LogP contribution in [0.3, 0.4) is 0 Å². The Kier molecular flexibility index (Phi) is 7.99. The van der Waals surface area contributed by atoms with Crippen LogP contribution in [0, 0.1) is 11.6 Å². The molecule has 7 nitrogen and oxygen atoms in total. The van der Waals surface area contributed by atoms with Crippen LogP contribution in [0.4, 0.5) is 8.78 Å². The molecule has 1 saturated heterocycles. The van der Waals surface area contributed by atoms with Crippen molar-refractivity contribution in [2.75, 3.05) is 33.9 Å². The maximum Gasteiger partial charge on any atom is 0.237 e. The number of hydrogen-bond donors (Lipinski definition) is 2. The van der Waals surface area contributed by atoms with E-state index < -0.39 is 17.7 Å². The zero-order valence-electron chi connectivity index (χ0n) is 18.1. The molecule has 2 amide bonds. The molecular weight excluding hydrogens is 420 g/mol. The van der Waals surface area contributed by atoms with Gasteiger partial charge in [0.05, 0.1) is 26.7 Å². The molecule has 2 aromatic carbocycles. The van der Waals surface area contributed by atoms with Crippen molar-refractivity contribution in [2.24, 2.45) is 0 Å². The minimum atomic E-state index is -0.937. The molecule has 0 bridgehead atoms. The topological polar surface area (TPSA) is 79.9 Å². The first-order valence-corrected chi connectivity index (χ1v) is 10.3. The number of hydrogen-bond acceptors (Lipinski definition) is 5. The van der Waals surface area contributed by atoms with E-state index in [9.17, 15) is 18.4 Å². The zero-order chi connectivity index (χ0) is 23.1. The Balaban J connectivity index is 1.57. The summed E-state index contributed by atoms with van der Waals surface area (Å²) in [5.41, 5.74) is 1.11. The zero-order valence-corrected chi connectivity index (χ0v) is 18.1. The minimum absolute atomic E-state index is 0.0423. The highest BCUT2D eigenvalue weighted by Crippen LogP contribution is 2.27. The summed E-state index contributed by atoms with van der Waals surface area (Å²) in [6, 6.07) is 8.72. The molecule has 0 aromatic heterocycles. The fourth-order valence-corrected chi connectivity index (χ4v) is 3.69. The van der Waals surface area contributed by atoms with Gasteiger partial charge in [0.15, 0.2) is 23.1 Å². The number of amides is 2. The highest BCUT2D eigenvalue weighted by atomic mass is 19.2. The first-order valence-electron chi connectivity index (χ1n) is 10.3. The summed E-state index contributed by atoms with van der Waals surface area (Å²) in [7, 11) is 3.12. The van der Waals surface area contributed by atoms with Crippen molar-refractivity contribution in [3.63, 3.8) is 0 Å². The number of nitrogens with one attached hydrogen (secondary N) is 2.